The van der Waals surface area contributed by atoms with Crippen molar-refractivity contribution >= 4 is 29.5 Å². The summed E-state index contributed by atoms with van der Waals surface area (Å²) in [5.74, 6) is -2.21. The van der Waals surface area contributed by atoms with Gasteiger partial charge in [0.25, 0.3) is 11.8 Å². The van der Waals surface area contributed by atoms with E-state index in [4.69, 9.17) is 0 Å². The molecule has 1 aromatic carbocycles. The Morgan fingerprint density at radius 3 is 2.63 bits per heavy atom. The van der Waals surface area contributed by atoms with E-state index in [1.807, 2.05) is 6.92 Å². The molecular formula is C19H21N3O5. The van der Waals surface area contributed by atoms with Crippen LogP contribution in [0.25, 0.3) is 0 Å². The van der Waals surface area contributed by atoms with Crippen molar-refractivity contribution in [2.75, 3.05) is 7.05 Å². The Bertz CT molecular complexity index is 848. The summed E-state index contributed by atoms with van der Waals surface area (Å²) in [6, 6.07) is 3.90. The van der Waals surface area contributed by atoms with Crippen molar-refractivity contribution in [2.45, 2.75) is 45.2 Å². The molecule has 5 amide bonds. The van der Waals surface area contributed by atoms with Gasteiger partial charge in [-0.25, -0.2) is 0 Å². The largest absolute Gasteiger partial charge is 0.341 e. The third-order valence-electron chi connectivity index (χ3n) is 4.85. The number of carbonyl (C=O) groups excluding carboxylic acids is 5. The van der Waals surface area contributed by atoms with Crippen molar-refractivity contribution < 1.29 is 24.0 Å². The molecule has 2 aliphatic heterocycles. The van der Waals surface area contributed by atoms with Crippen LogP contribution in [0.4, 0.5) is 0 Å². The Labute approximate surface area is 156 Å². The molecule has 27 heavy (non-hydrogen) atoms. The van der Waals surface area contributed by atoms with E-state index in [-0.39, 0.29) is 36.4 Å². The molecule has 142 valence electrons. The van der Waals surface area contributed by atoms with Crippen molar-refractivity contribution in [1.29, 1.82) is 0 Å². The molecule has 0 radical (unpaired) electrons. The molecular weight excluding hydrogens is 350 g/mol. The summed E-state index contributed by atoms with van der Waals surface area (Å²) >= 11 is 0. The Morgan fingerprint density at radius 1 is 1.22 bits per heavy atom. The van der Waals surface area contributed by atoms with Crippen LogP contribution >= 0.6 is 0 Å². The third kappa shape index (κ3) is 3.34. The zero-order valence-electron chi connectivity index (χ0n) is 15.3. The average molecular weight is 371 g/mol. The second-order valence-corrected chi connectivity index (χ2v) is 6.79. The maximum absolute atomic E-state index is 13.0. The van der Waals surface area contributed by atoms with Gasteiger partial charge >= 0.3 is 0 Å². The number of carbonyl (C=O) groups is 5. The molecule has 3 rings (SSSR count). The summed E-state index contributed by atoms with van der Waals surface area (Å²) in [4.78, 5) is 63.7. The normalized spacial score (nSPS) is 19.2. The van der Waals surface area contributed by atoms with Gasteiger partial charge in [0.1, 0.15) is 6.04 Å². The highest BCUT2D eigenvalue weighted by molar-refractivity contribution is 6.24. The summed E-state index contributed by atoms with van der Waals surface area (Å²) < 4.78 is 0. The van der Waals surface area contributed by atoms with Crippen molar-refractivity contribution in [1.82, 2.24) is 15.1 Å². The van der Waals surface area contributed by atoms with E-state index in [9.17, 15) is 24.0 Å². The predicted octanol–water partition coefficient (Wildman–Crippen LogP) is 0.846. The van der Waals surface area contributed by atoms with Gasteiger partial charge in [0.15, 0.2) is 0 Å². The van der Waals surface area contributed by atoms with Crippen LogP contribution in [0.1, 0.15) is 58.9 Å². The lowest BCUT2D eigenvalue weighted by Crippen LogP contribution is -2.54. The number of hydrogen-bond donors (Lipinski definition) is 1. The quantitative estimate of drug-likeness (QED) is 0.773. The minimum atomic E-state index is -0.998. The Kier molecular flexibility index (Phi) is 5.07. The molecule has 0 saturated carbocycles. The number of imide groups is 2. The van der Waals surface area contributed by atoms with Gasteiger partial charge < -0.3 is 4.90 Å². The maximum Gasteiger partial charge on any atom is 0.262 e. The second-order valence-electron chi connectivity index (χ2n) is 6.79. The molecule has 2 aliphatic rings. The number of benzene rings is 1. The van der Waals surface area contributed by atoms with Gasteiger partial charge in [0, 0.05) is 26.4 Å². The van der Waals surface area contributed by atoms with Gasteiger partial charge in [-0.1, -0.05) is 19.1 Å². The number of hydrogen-bond acceptors (Lipinski definition) is 5. The number of piperidine rings is 1. The molecule has 1 fully saturated rings. The van der Waals surface area contributed by atoms with Crippen LogP contribution in [0.15, 0.2) is 18.2 Å². The summed E-state index contributed by atoms with van der Waals surface area (Å²) in [5, 5.41) is 2.17. The lowest BCUT2D eigenvalue weighted by atomic mass is 10.0. The number of nitrogens with zero attached hydrogens (tertiary/aromatic N) is 2. The number of fused-ring (bicyclic) bond motifs is 1. The van der Waals surface area contributed by atoms with Gasteiger partial charge in [-0.05, 0) is 24.5 Å². The first-order valence-corrected chi connectivity index (χ1v) is 8.92. The van der Waals surface area contributed by atoms with Gasteiger partial charge in [-0.3, -0.25) is 34.2 Å². The van der Waals surface area contributed by atoms with E-state index < -0.39 is 29.7 Å². The highest BCUT2D eigenvalue weighted by Crippen LogP contribution is 2.30. The van der Waals surface area contributed by atoms with Gasteiger partial charge in [0.2, 0.25) is 17.7 Å². The molecule has 8 heteroatoms. The predicted molar refractivity (Wildman–Crippen MR) is 94.5 cm³/mol. The van der Waals surface area contributed by atoms with Crippen LogP contribution in [0.2, 0.25) is 0 Å². The molecule has 0 spiro atoms. The van der Waals surface area contributed by atoms with Crippen LogP contribution in [-0.4, -0.2) is 52.4 Å². The standard InChI is InChI=1S/C19H21N3O5/c1-3-5-15(24)21(2)10-11-6-4-7-12-16(11)19(27)22(18(12)26)13-8-9-14(23)20-17(13)25/h4,6-7,13H,3,5,8-10H2,1-2H3,(H,20,23,25). The van der Waals surface area contributed by atoms with E-state index in [1.165, 1.54) is 4.90 Å². The molecule has 0 bridgehead atoms. The third-order valence-corrected chi connectivity index (χ3v) is 4.85. The molecule has 1 unspecified atom stereocenters. The maximum atomic E-state index is 13.0. The van der Waals surface area contributed by atoms with E-state index in [0.717, 1.165) is 11.3 Å². The van der Waals surface area contributed by atoms with Gasteiger partial charge in [0.05, 0.1) is 11.1 Å². The highest BCUT2D eigenvalue weighted by atomic mass is 16.2. The van der Waals surface area contributed by atoms with Crippen LogP contribution in [0.3, 0.4) is 0 Å². The Hall–Kier alpha value is -3.03. The van der Waals surface area contributed by atoms with Gasteiger partial charge in [-0.2, -0.15) is 0 Å². The highest BCUT2D eigenvalue weighted by Gasteiger charge is 2.45. The smallest absolute Gasteiger partial charge is 0.262 e. The molecule has 0 aliphatic carbocycles. The molecule has 1 saturated heterocycles. The first-order chi connectivity index (χ1) is 12.8. The monoisotopic (exact) mass is 371 g/mol. The zero-order chi connectivity index (χ0) is 19.7. The topological polar surface area (TPSA) is 104 Å². The summed E-state index contributed by atoms with van der Waals surface area (Å²) in [7, 11) is 1.65. The van der Waals surface area contributed by atoms with Crippen molar-refractivity contribution in [3.05, 3.63) is 34.9 Å². The van der Waals surface area contributed by atoms with Crippen molar-refractivity contribution in [3.63, 3.8) is 0 Å². The molecule has 8 nitrogen and oxygen atoms in total. The fourth-order valence-corrected chi connectivity index (χ4v) is 3.47. The molecule has 1 aromatic rings. The van der Waals surface area contributed by atoms with Crippen LogP contribution in [-0.2, 0) is 20.9 Å². The minimum Gasteiger partial charge on any atom is -0.341 e. The van der Waals surface area contributed by atoms with Crippen LogP contribution < -0.4 is 5.32 Å². The van der Waals surface area contributed by atoms with Crippen LogP contribution in [0, 0.1) is 0 Å². The zero-order valence-corrected chi connectivity index (χ0v) is 15.3. The van der Waals surface area contributed by atoms with Crippen LogP contribution in [0.5, 0.6) is 0 Å². The van der Waals surface area contributed by atoms with E-state index >= 15 is 0 Å². The SMILES string of the molecule is CCCC(=O)N(C)Cc1cccc2c1C(=O)N(C1CCC(=O)NC1=O)C2=O. The Morgan fingerprint density at radius 2 is 1.96 bits per heavy atom. The average Bonchev–Trinajstić information content (AvgIpc) is 2.87. The number of rotatable bonds is 5. The minimum absolute atomic E-state index is 0.0473. The lowest BCUT2D eigenvalue weighted by molar-refractivity contribution is -0.136. The number of nitrogens with one attached hydrogen (secondary N) is 1. The molecule has 0 aromatic heterocycles. The number of amides is 5. The second kappa shape index (κ2) is 7.30. The fraction of sp³-hybridized carbons (Fsp3) is 0.421. The Balaban J connectivity index is 1.89. The summed E-state index contributed by atoms with van der Waals surface area (Å²) in [6.07, 6.45) is 1.31. The molecule has 1 atom stereocenters. The molecule has 2 heterocycles. The summed E-state index contributed by atoms with van der Waals surface area (Å²) in [6.45, 7) is 2.11. The first-order valence-electron chi connectivity index (χ1n) is 8.92. The van der Waals surface area contributed by atoms with Crippen molar-refractivity contribution in [3.8, 4) is 0 Å². The van der Waals surface area contributed by atoms with E-state index in [2.05, 4.69) is 5.32 Å². The molecule has 1 N–H and O–H groups in total. The summed E-state index contributed by atoms with van der Waals surface area (Å²) in [5.41, 5.74) is 1.01. The first kappa shape index (κ1) is 18.8. The van der Waals surface area contributed by atoms with E-state index in [1.54, 1.807) is 25.2 Å². The van der Waals surface area contributed by atoms with Crippen molar-refractivity contribution in [2.24, 2.45) is 0 Å². The lowest BCUT2D eigenvalue weighted by Gasteiger charge is -2.28. The van der Waals surface area contributed by atoms with Gasteiger partial charge in [-0.15, -0.1) is 0 Å². The van der Waals surface area contributed by atoms with E-state index in [0.29, 0.717) is 12.0 Å². The fourth-order valence-electron chi connectivity index (χ4n) is 3.47.